The van der Waals surface area contributed by atoms with Crippen LogP contribution in [0.15, 0.2) is 10.5 Å². The van der Waals surface area contributed by atoms with Crippen LogP contribution in [0, 0.1) is 13.8 Å². The molecule has 0 saturated carbocycles. The summed E-state index contributed by atoms with van der Waals surface area (Å²) in [7, 11) is 0. The Morgan fingerprint density at radius 3 is 2.75 bits per heavy atom. The van der Waals surface area contributed by atoms with Crippen LogP contribution in [-0.2, 0) is 4.79 Å². The van der Waals surface area contributed by atoms with Crippen molar-refractivity contribution in [1.82, 2.24) is 10.2 Å². The van der Waals surface area contributed by atoms with Gasteiger partial charge in [-0.2, -0.15) is 0 Å². The molecule has 2 N–H and O–H groups in total. The summed E-state index contributed by atoms with van der Waals surface area (Å²) in [4.78, 5) is 24.7. The van der Waals surface area contributed by atoms with Gasteiger partial charge < -0.3 is 19.7 Å². The fourth-order valence-electron chi connectivity index (χ4n) is 2.69. The van der Waals surface area contributed by atoms with Gasteiger partial charge in [-0.05, 0) is 39.7 Å². The van der Waals surface area contributed by atoms with Gasteiger partial charge in [0.05, 0.1) is 6.04 Å². The highest BCUT2D eigenvalue weighted by atomic mass is 16.4. The van der Waals surface area contributed by atoms with Gasteiger partial charge in [0.25, 0.3) is 0 Å². The summed E-state index contributed by atoms with van der Waals surface area (Å²) in [5.74, 6) is 0.621. The van der Waals surface area contributed by atoms with Gasteiger partial charge in [0.1, 0.15) is 17.6 Å². The van der Waals surface area contributed by atoms with E-state index < -0.39 is 12.0 Å². The van der Waals surface area contributed by atoms with Gasteiger partial charge in [-0.3, -0.25) is 0 Å². The molecule has 110 valence electrons. The Morgan fingerprint density at radius 1 is 1.50 bits per heavy atom. The number of furan rings is 1. The highest BCUT2D eigenvalue weighted by Crippen LogP contribution is 2.23. The molecule has 1 aromatic rings. The zero-order valence-electron chi connectivity index (χ0n) is 12.0. The van der Waals surface area contributed by atoms with E-state index in [2.05, 4.69) is 5.32 Å². The first kappa shape index (κ1) is 14.4. The lowest BCUT2D eigenvalue weighted by Gasteiger charge is -2.24. The van der Waals surface area contributed by atoms with Crippen molar-refractivity contribution in [3.05, 3.63) is 23.2 Å². The first-order chi connectivity index (χ1) is 9.40. The van der Waals surface area contributed by atoms with E-state index in [1.807, 2.05) is 26.8 Å². The third-order valence-corrected chi connectivity index (χ3v) is 3.68. The van der Waals surface area contributed by atoms with Crippen LogP contribution in [0.1, 0.15) is 42.9 Å². The molecule has 0 aromatic carbocycles. The maximum atomic E-state index is 12.2. The molecule has 1 aliphatic heterocycles. The summed E-state index contributed by atoms with van der Waals surface area (Å²) < 4.78 is 5.44. The van der Waals surface area contributed by atoms with Crippen LogP contribution in [-0.4, -0.2) is 34.6 Å². The first-order valence-corrected chi connectivity index (χ1v) is 6.77. The Hall–Kier alpha value is -1.98. The van der Waals surface area contributed by atoms with E-state index in [-0.39, 0.29) is 12.1 Å². The van der Waals surface area contributed by atoms with Crippen LogP contribution in [0.3, 0.4) is 0 Å². The van der Waals surface area contributed by atoms with E-state index in [0.717, 1.165) is 23.5 Å². The zero-order valence-corrected chi connectivity index (χ0v) is 12.0. The maximum absolute atomic E-state index is 12.2. The number of carboxylic acid groups (broad SMARTS) is 1. The number of hydrogen-bond acceptors (Lipinski definition) is 3. The summed E-state index contributed by atoms with van der Waals surface area (Å²) in [5, 5.41) is 11.9. The number of hydrogen-bond donors (Lipinski definition) is 2. The van der Waals surface area contributed by atoms with Gasteiger partial charge >= 0.3 is 12.0 Å². The van der Waals surface area contributed by atoms with Gasteiger partial charge in [0.2, 0.25) is 0 Å². The molecular weight excluding hydrogens is 260 g/mol. The van der Waals surface area contributed by atoms with Crippen LogP contribution in [0.4, 0.5) is 4.79 Å². The molecule has 1 unspecified atom stereocenters. The number of aryl methyl sites for hydroxylation is 2. The number of urea groups is 1. The molecule has 1 aromatic heterocycles. The van der Waals surface area contributed by atoms with Crippen molar-refractivity contribution in [2.24, 2.45) is 0 Å². The smallest absolute Gasteiger partial charge is 0.326 e. The average molecular weight is 280 g/mol. The Labute approximate surface area is 117 Å². The number of aliphatic carboxylic acids is 1. The van der Waals surface area contributed by atoms with Crippen molar-refractivity contribution in [2.75, 3.05) is 6.54 Å². The monoisotopic (exact) mass is 280 g/mol. The highest BCUT2D eigenvalue weighted by molar-refractivity contribution is 5.83. The molecular formula is C14H20N2O4. The predicted octanol–water partition coefficient (Wildman–Crippen LogP) is 2.22. The number of rotatable bonds is 3. The minimum atomic E-state index is -0.944. The molecule has 1 aliphatic rings. The van der Waals surface area contributed by atoms with Crippen molar-refractivity contribution in [1.29, 1.82) is 0 Å². The molecule has 6 heteroatoms. The van der Waals surface area contributed by atoms with E-state index in [1.165, 1.54) is 4.90 Å². The molecule has 0 aliphatic carbocycles. The first-order valence-electron chi connectivity index (χ1n) is 6.77. The van der Waals surface area contributed by atoms with Crippen molar-refractivity contribution in [3.63, 3.8) is 0 Å². The lowest BCUT2D eigenvalue weighted by atomic mass is 10.1. The largest absolute Gasteiger partial charge is 0.480 e. The fourth-order valence-corrected chi connectivity index (χ4v) is 2.69. The minimum Gasteiger partial charge on any atom is -0.480 e. The standard InChI is InChI=1S/C14H20N2O4/c1-8-7-11(10(3)20-8)9(2)15-14(19)16-6-4-5-12(16)13(17)18/h7,9,12H,4-6H2,1-3H3,(H,15,19)(H,17,18)/t9?,12-/m1/s1. The van der Waals surface area contributed by atoms with E-state index in [9.17, 15) is 9.59 Å². The molecule has 0 spiro atoms. The molecule has 2 heterocycles. The number of amides is 2. The Kier molecular flexibility index (Phi) is 4.01. The fraction of sp³-hybridized carbons (Fsp3) is 0.571. The molecule has 2 rings (SSSR count). The molecule has 20 heavy (non-hydrogen) atoms. The second kappa shape index (κ2) is 5.56. The SMILES string of the molecule is Cc1cc(C(C)NC(=O)N2CCC[C@@H]2C(=O)O)c(C)o1. The average Bonchev–Trinajstić information content (AvgIpc) is 2.95. The predicted molar refractivity (Wildman–Crippen MR) is 72.5 cm³/mol. The molecule has 2 atom stereocenters. The quantitative estimate of drug-likeness (QED) is 0.889. The lowest BCUT2D eigenvalue weighted by molar-refractivity contribution is -0.141. The van der Waals surface area contributed by atoms with Gasteiger partial charge in [-0.1, -0.05) is 0 Å². The second-order valence-electron chi connectivity index (χ2n) is 5.23. The molecule has 0 radical (unpaired) electrons. The molecule has 2 amide bonds. The highest BCUT2D eigenvalue weighted by Gasteiger charge is 2.34. The van der Waals surface area contributed by atoms with Crippen molar-refractivity contribution >= 4 is 12.0 Å². The van der Waals surface area contributed by atoms with Crippen molar-refractivity contribution < 1.29 is 19.1 Å². The van der Waals surface area contributed by atoms with Crippen molar-refractivity contribution in [2.45, 2.75) is 45.7 Å². The number of carbonyl (C=O) groups excluding carboxylic acids is 1. The Balaban J connectivity index is 2.04. The number of carboxylic acids is 1. The number of likely N-dealkylation sites (tertiary alicyclic amines) is 1. The Morgan fingerprint density at radius 2 is 2.20 bits per heavy atom. The van der Waals surface area contributed by atoms with Crippen LogP contribution in [0.25, 0.3) is 0 Å². The molecule has 6 nitrogen and oxygen atoms in total. The summed E-state index contributed by atoms with van der Waals surface area (Å²) in [6.07, 6.45) is 1.24. The van der Waals surface area contributed by atoms with E-state index >= 15 is 0 Å². The summed E-state index contributed by atoms with van der Waals surface area (Å²) in [6, 6.07) is 0.629. The number of nitrogens with one attached hydrogen (secondary N) is 1. The van der Waals surface area contributed by atoms with Gasteiger partial charge in [0.15, 0.2) is 0 Å². The van der Waals surface area contributed by atoms with E-state index in [0.29, 0.717) is 13.0 Å². The van der Waals surface area contributed by atoms with E-state index in [4.69, 9.17) is 9.52 Å². The minimum absolute atomic E-state index is 0.213. The van der Waals surface area contributed by atoms with E-state index in [1.54, 1.807) is 0 Å². The summed E-state index contributed by atoms with van der Waals surface area (Å²) in [6.45, 7) is 6.05. The molecule has 1 fully saturated rings. The van der Waals surface area contributed by atoms with Gasteiger partial charge in [-0.25, -0.2) is 9.59 Å². The van der Waals surface area contributed by atoms with Crippen LogP contribution >= 0.6 is 0 Å². The second-order valence-corrected chi connectivity index (χ2v) is 5.23. The van der Waals surface area contributed by atoms with Crippen molar-refractivity contribution in [3.8, 4) is 0 Å². The lowest BCUT2D eigenvalue weighted by Crippen LogP contribution is -2.46. The van der Waals surface area contributed by atoms with Gasteiger partial charge in [-0.15, -0.1) is 0 Å². The van der Waals surface area contributed by atoms with Gasteiger partial charge in [0, 0.05) is 12.1 Å². The molecule has 1 saturated heterocycles. The summed E-state index contributed by atoms with van der Waals surface area (Å²) in [5.41, 5.74) is 0.918. The topological polar surface area (TPSA) is 82.8 Å². The Bertz CT molecular complexity index is 523. The summed E-state index contributed by atoms with van der Waals surface area (Å²) >= 11 is 0. The van der Waals surface area contributed by atoms with Crippen LogP contribution in [0.2, 0.25) is 0 Å². The third kappa shape index (κ3) is 2.79. The number of carbonyl (C=O) groups is 2. The maximum Gasteiger partial charge on any atom is 0.326 e. The van der Waals surface area contributed by atoms with Crippen LogP contribution in [0.5, 0.6) is 0 Å². The normalized spacial score (nSPS) is 19.9. The number of nitrogens with zero attached hydrogens (tertiary/aromatic N) is 1. The third-order valence-electron chi connectivity index (χ3n) is 3.68. The zero-order chi connectivity index (χ0) is 14.9. The molecule has 0 bridgehead atoms. The van der Waals surface area contributed by atoms with Crippen LogP contribution < -0.4 is 5.32 Å².